The number of aromatic nitrogens is 4. The van der Waals surface area contributed by atoms with E-state index in [0.717, 1.165) is 9.13 Å². The number of anilines is 1. The summed E-state index contributed by atoms with van der Waals surface area (Å²) in [7, 11) is 0. The third-order valence-electron chi connectivity index (χ3n) is 6.01. The molecule has 4 rings (SSSR count). The van der Waals surface area contributed by atoms with E-state index in [1.54, 1.807) is 0 Å². The number of nitrogens with two attached hydrogens (primary N) is 1. The van der Waals surface area contributed by atoms with Gasteiger partial charge < -0.3 is 46.7 Å². The molecule has 2 aromatic rings. The molecule has 0 bridgehead atoms. The van der Waals surface area contributed by atoms with Gasteiger partial charge in [-0.2, -0.15) is 4.98 Å². The molecule has 2 fully saturated rings. The zero-order valence-electron chi connectivity index (χ0n) is 20.4. The number of hydrogen-bond donors (Lipinski definition) is 8. The number of nitrogens with zero attached hydrogens (tertiary/aromatic N) is 3. The van der Waals surface area contributed by atoms with Crippen molar-refractivity contribution in [1.29, 1.82) is 0 Å². The van der Waals surface area contributed by atoms with Crippen LogP contribution in [0.4, 0.5) is 5.82 Å². The highest BCUT2D eigenvalue weighted by molar-refractivity contribution is 8.07. The summed E-state index contributed by atoms with van der Waals surface area (Å²) < 4.78 is 23.2. The third-order valence-corrected chi connectivity index (χ3v) is 7.52. The van der Waals surface area contributed by atoms with Gasteiger partial charge in [0.1, 0.15) is 30.5 Å². The van der Waals surface area contributed by atoms with Crippen molar-refractivity contribution >= 4 is 24.3 Å². The highest BCUT2D eigenvalue weighted by Crippen LogP contribution is 2.53. The Kier molecular flexibility index (Phi) is 9.27. The number of nitrogen functional groups attached to an aromatic ring is 1. The molecule has 0 radical (unpaired) electrons. The maximum atomic E-state index is 12.1. The molecule has 8 atom stereocenters. The molecule has 18 nitrogen and oxygen atoms in total. The van der Waals surface area contributed by atoms with Gasteiger partial charge in [0.05, 0.1) is 19.1 Å². The van der Waals surface area contributed by atoms with E-state index in [1.807, 2.05) is 0 Å². The second-order valence-corrected chi connectivity index (χ2v) is 11.5. The molecule has 20 heteroatoms. The lowest BCUT2D eigenvalue weighted by molar-refractivity contribution is -0.203. The zero-order valence-corrected chi connectivity index (χ0v) is 22.1. The first-order valence-corrected chi connectivity index (χ1v) is 13.7. The molecule has 2 aliphatic rings. The van der Waals surface area contributed by atoms with Crippen LogP contribution in [0.1, 0.15) is 30.9 Å². The van der Waals surface area contributed by atoms with E-state index >= 15 is 0 Å². The van der Waals surface area contributed by atoms with Crippen molar-refractivity contribution in [1.82, 2.24) is 25.3 Å². The van der Waals surface area contributed by atoms with Crippen molar-refractivity contribution in [3.63, 3.8) is 0 Å². The van der Waals surface area contributed by atoms with Crippen LogP contribution in [-0.2, 0) is 30.3 Å². The van der Waals surface area contributed by atoms with E-state index < -0.39 is 79.5 Å². The molecule has 2 aliphatic heterocycles. The maximum Gasteiger partial charge on any atom is 0.351 e. The normalized spacial score (nSPS) is 31.0. The van der Waals surface area contributed by atoms with Gasteiger partial charge in [0.2, 0.25) is 5.79 Å². The molecule has 0 aromatic carbocycles. The van der Waals surface area contributed by atoms with Gasteiger partial charge in [0.15, 0.2) is 6.29 Å². The molecular formula is C19H29N6O12PS. The van der Waals surface area contributed by atoms with E-state index in [1.165, 1.54) is 25.4 Å². The van der Waals surface area contributed by atoms with Crippen LogP contribution >= 0.6 is 6.72 Å². The molecule has 2 unspecified atom stereocenters. The molecule has 2 saturated heterocycles. The van der Waals surface area contributed by atoms with Crippen molar-refractivity contribution < 1.29 is 43.8 Å². The highest BCUT2D eigenvalue weighted by Gasteiger charge is 2.53. The predicted octanol–water partition coefficient (Wildman–Crippen LogP) is -2.97. The summed E-state index contributed by atoms with van der Waals surface area (Å²) in [5, 5.41) is 41.5. The zero-order chi connectivity index (χ0) is 28.0. The van der Waals surface area contributed by atoms with E-state index in [2.05, 4.69) is 9.97 Å². The summed E-state index contributed by atoms with van der Waals surface area (Å²) in [6, 6.07) is 1.30. The lowest BCUT2D eigenvalue weighted by Gasteiger charge is -2.32. The molecule has 39 heavy (non-hydrogen) atoms. The van der Waals surface area contributed by atoms with Crippen LogP contribution in [0, 0.1) is 6.92 Å². The Morgan fingerprint density at radius 1 is 1.33 bits per heavy atom. The maximum absolute atomic E-state index is 12.1. The third kappa shape index (κ3) is 6.51. The first-order chi connectivity index (χ1) is 17.7. The van der Waals surface area contributed by atoms with Gasteiger partial charge >= 0.3 is 18.1 Å². The second-order valence-electron chi connectivity index (χ2n) is 8.75. The van der Waals surface area contributed by atoms with Gasteiger partial charge in [-0.3, -0.25) is 28.0 Å². The summed E-state index contributed by atoms with van der Waals surface area (Å²) in [6.45, 7) is -3.90. The summed E-state index contributed by atoms with van der Waals surface area (Å²) >= 11 is 4.91. The van der Waals surface area contributed by atoms with Crippen molar-refractivity contribution in [2.24, 2.45) is 0 Å². The number of rotatable bonds is 8. The smallest absolute Gasteiger partial charge is 0.351 e. The Bertz CT molecular complexity index is 1420. The number of H-pyrrole nitrogens is 1. The average Bonchev–Trinajstić information content (AvgIpc) is 3.34. The van der Waals surface area contributed by atoms with Gasteiger partial charge in [-0.1, -0.05) is 0 Å². The Hall–Kier alpha value is -2.39. The molecule has 0 saturated carbocycles. The van der Waals surface area contributed by atoms with Gasteiger partial charge in [-0.25, -0.2) is 9.59 Å². The highest BCUT2D eigenvalue weighted by atomic mass is 32.5. The topological polar surface area (TPSA) is 289 Å². The lowest BCUT2D eigenvalue weighted by Crippen LogP contribution is -2.43. The monoisotopic (exact) mass is 596 g/mol. The largest absolute Gasteiger partial charge is 0.393 e. The average molecular weight is 597 g/mol. The van der Waals surface area contributed by atoms with Crippen molar-refractivity contribution in [3.05, 3.63) is 55.3 Å². The van der Waals surface area contributed by atoms with Crippen molar-refractivity contribution in [2.45, 2.75) is 62.6 Å². The van der Waals surface area contributed by atoms with E-state index in [9.17, 15) is 39.7 Å². The SMILES string of the molecule is Cc1cn([C@H]2C[C@H](O)[C@@H](C(O)OP(O)(=S)O[C@@]3(O)C[C@H](n4ccc(N)nc4=O)O[C@@H]3CO)O2)c(=O)[nH]c1=O.N. The van der Waals surface area contributed by atoms with Crippen molar-refractivity contribution in [2.75, 3.05) is 12.3 Å². The van der Waals surface area contributed by atoms with Gasteiger partial charge in [-0.15, -0.1) is 0 Å². The van der Waals surface area contributed by atoms with Gasteiger partial charge in [0, 0.05) is 24.4 Å². The number of aliphatic hydroxyl groups is 4. The van der Waals surface area contributed by atoms with Crippen LogP contribution in [0.2, 0.25) is 0 Å². The summed E-state index contributed by atoms with van der Waals surface area (Å²) in [5.74, 6) is -2.52. The number of hydrogen-bond acceptors (Lipinski definition) is 15. The molecule has 0 spiro atoms. The Balaban J connectivity index is 0.00000420. The lowest BCUT2D eigenvalue weighted by atomic mass is 10.1. The Labute approximate surface area is 224 Å². The Morgan fingerprint density at radius 2 is 2.03 bits per heavy atom. The quantitative estimate of drug-likeness (QED) is 0.111. The minimum atomic E-state index is -4.53. The van der Waals surface area contributed by atoms with Gasteiger partial charge in [-0.05, 0) is 24.8 Å². The first kappa shape index (κ1) is 31.1. The van der Waals surface area contributed by atoms with E-state index in [4.69, 9.17) is 36.1 Å². The Morgan fingerprint density at radius 3 is 2.67 bits per heavy atom. The number of aliphatic hydroxyl groups excluding tert-OH is 3. The number of ether oxygens (including phenoxy) is 2. The number of aromatic amines is 1. The van der Waals surface area contributed by atoms with Crippen LogP contribution in [0.25, 0.3) is 0 Å². The molecule has 2 aromatic heterocycles. The summed E-state index contributed by atoms with van der Waals surface area (Å²) in [6.07, 6.45) is -7.06. The minimum Gasteiger partial charge on any atom is -0.393 e. The fraction of sp³-hybridized carbons (Fsp3) is 0.579. The number of aryl methyl sites for hydroxylation is 1. The first-order valence-electron chi connectivity index (χ1n) is 11.1. The molecule has 218 valence electrons. The van der Waals surface area contributed by atoms with Crippen molar-refractivity contribution in [3.8, 4) is 0 Å². The second kappa shape index (κ2) is 11.6. The van der Waals surface area contributed by atoms with Crippen LogP contribution < -0.4 is 28.8 Å². The predicted molar refractivity (Wildman–Crippen MR) is 134 cm³/mol. The summed E-state index contributed by atoms with van der Waals surface area (Å²) in [5.41, 5.74) is 3.44. The fourth-order valence-electron chi connectivity index (χ4n) is 4.14. The standard InChI is InChI=1S/C19H26N5O12PS.H3N/c1-8-6-24(18(30)22-15(8)27)12-4-9(26)14(34-12)16(28)35-37(32,38)36-19(31)5-13(33-10(19)7-25)23-3-2-11(20)21-17(23)29;/h2-3,6,9-10,12-14,16,25-26,28,31H,4-5,7H2,1H3,(H,32,38)(H2,20,21,29)(H,22,27,30);1H3/t9-,10+,12+,13+,14-,16?,19-,37?;/m0./s1. The molecule has 0 amide bonds. The van der Waals surface area contributed by atoms with Crippen LogP contribution in [0.5, 0.6) is 0 Å². The number of nitrogens with one attached hydrogen (secondary N) is 1. The molecule has 11 N–H and O–H groups in total. The van der Waals surface area contributed by atoms with Crippen LogP contribution in [-0.4, -0.2) is 81.4 Å². The molecule has 4 heterocycles. The minimum absolute atomic E-state index is 0. The van der Waals surface area contributed by atoms with Crippen LogP contribution in [0.3, 0.4) is 0 Å². The summed E-state index contributed by atoms with van der Waals surface area (Å²) in [4.78, 5) is 52.1. The fourth-order valence-corrected chi connectivity index (χ4v) is 5.82. The molecular weight excluding hydrogens is 567 g/mol. The van der Waals surface area contributed by atoms with E-state index in [0.29, 0.717) is 0 Å². The molecule has 0 aliphatic carbocycles. The van der Waals surface area contributed by atoms with E-state index in [-0.39, 0.29) is 24.0 Å². The van der Waals surface area contributed by atoms with Gasteiger partial charge in [0.25, 0.3) is 5.56 Å². The van der Waals surface area contributed by atoms with Crippen LogP contribution in [0.15, 0.2) is 32.8 Å².